The first-order valence-corrected chi connectivity index (χ1v) is 6.89. The maximum absolute atomic E-state index is 12.5. The maximum atomic E-state index is 12.5. The third-order valence-corrected chi connectivity index (χ3v) is 4.14. The van der Waals surface area contributed by atoms with Crippen LogP contribution in [0.4, 0.5) is 0 Å². The van der Waals surface area contributed by atoms with Crippen molar-refractivity contribution in [2.24, 2.45) is 0 Å². The zero-order valence-electron chi connectivity index (χ0n) is 14.9. The summed E-state index contributed by atoms with van der Waals surface area (Å²) in [6.45, 7) is -6.85. The summed E-state index contributed by atoms with van der Waals surface area (Å²) in [7, 11) is -3.26. The highest BCUT2D eigenvalue weighted by Crippen LogP contribution is 2.29. The van der Waals surface area contributed by atoms with Crippen molar-refractivity contribution >= 4 is 25.8 Å². The predicted molar refractivity (Wildman–Crippen MR) is 69.0 cm³/mol. The molecule has 0 atom stereocenters. The summed E-state index contributed by atoms with van der Waals surface area (Å²) in [6, 6.07) is 3.96. The molecule has 1 N–H and O–H groups in total. The fourth-order valence-electron chi connectivity index (χ4n) is 1.25. The molecule has 0 saturated carbocycles. The number of rotatable bonds is 4. The van der Waals surface area contributed by atoms with Crippen molar-refractivity contribution in [3.05, 3.63) is 22.7 Å². The zero-order chi connectivity index (χ0) is 18.3. The van der Waals surface area contributed by atoms with Gasteiger partial charge in [-0.2, -0.15) is 0 Å². The van der Waals surface area contributed by atoms with Crippen LogP contribution in [0.15, 0.2) is 27.6 Å². The van der Waals surface area contributed by atoms with Gasteiger partial charge in [0.1, 0.15) is 10.6 Å². The highest BCUT2D eigenvalue weighted by molar-refractivity contribution is 9.10. The molecule has 1 aromatic rings. The van der Waals surface area contributed by atoms with E-state index < -0.39 is 39.8 Å². The molecule has 17 heavy (non-hydrogen) atoms. The highest BCUT2D eigenvalue weighted by atomic mass is 79.9. The molecule has 0 heterocycles. The van der Waals surface area contributed by atoms with Gasteiger partial charge >= 0.3 is 0 Å². The van der Waals surface area contributed by atoms with Crippen LogP contribution in [0.25, 0.3) is 0 Å². The summed E-state index contributed by atoms with van der Waals surface area (Å²) in [4.78, 5) is -0.415. The van der Waals surface area contributed by atoms with Gasteiger partial charge in [0.25, 0.3) is 0 Å². The van der Waals surface area contributed by atoms with Gasteiger partial charge < -0.3 is 9.84 Å². The summed E-state index contributed by atoms with van der Waals surface area (Å²) < 4.78 is 73.8. The zero-order valence-corrected chi connectivity index (χ0v) is 11.3. The Bertz CT molecular complexity index is 669. The SMILES string of the molecule is [2H]C([2H])([2H])C(O)(CS(=O)(=O)c1cc(Br)ccc1OC)C([2H])([2H])[2H]. The summed E-state index contributed by atoms with van der Waals surface area (Å²) in [6.07, 6.45) is 0. The average molecular weight is 329 g/mol. The van der Waals surface area contributed by atoms with Crippen molar-refractivity contribution in [2.45, 2.75) is 24.2 Å². The van der Waals surface area contributed by atoms with Crippen LogP contribution in [-0.2, 0) is 9.84 Å². The first-order chi connectivity index (χ1) is 10.2. The molecule has 0 aliphatic rings. The molecule has 0 aromatic heterocycles. The molecule has 0 bridgehead atoms. The third-order valence-electron chi connectivity index (χ3n) is 1.86. The van der Waals surface area contributed by atoms with Crippen LogP contribution >= 0.6 is 15.9 Å². The second-order valence-electron chi connectivity index (χ2n) is 3.41. The van der Waals surface area contributed by atoms with Crippen LogP contribution in [0.1, 0.15) is 21.9 Å². The van der Waals surface area contributed by atoms with Gasteiger partial charge in [-0.1, -0.05) is 15.9 Å². The minimum atomic E-state index is -4.47. The molecule has 1 aromatic carbocycles. The molecule has 6 heteroatoms. The lowest BCUT2D eigenvalue weighted by Gasteiger charge is -2.18. The Balaban J connectivity index is 3.48. The molecule has 0 saturated heterocycles. The second kappa shape index (κ2) is 4.96. The normalized spacial score (nSPS) is 19.2. The molecular formula is C11H15BrO4S. The van der Waals surface area contributed by atoms with E-state index in [0.29, 0.717) is 4.47 Å². The number of benzene rings is 1. The van der Waals surface area contributed by atoms with Crippen molar-refractivity contribution in [1.29, 1.82) is 0 Å². The molecule has 0 unspecified atom stereocenters. The van der Waals surface area contributed by atoms with Gasteiger partial charge in [-0.15, -0.1) is 0 Å². The number of aliphatic hydroxyl groups is 1. The molecule has 1 rings (SSSR count). The first-order valence-electron chi connectivity index (χ1n) is 7.44. The highest BCUT2D eigenvalue weighted by Gasteiger charge is 2.27. The van der Waals surface area contributed by atoms with Crippen LogP contribution in [-0.4, -0.2) is 32.0 Å². The number of halogens is 1. The summed E-state index contributed by atoms with van der Waals surface area (Å²) in [5, 5.41) is 10.2. The predicted octanol–water partition coefficient (Wildman–Crippen LogP) is 2.00. The number of hydrogen-bond donors (Lipinski definition) is 1. The van der Waals surface area contributed by atoms with Gasteiger partial charge in [-0.3, -0.25) is 0 Å². The standard InChI is InChI=1S/C11H15BrO4S/c1-11(2,13)7-17(14,15)10-6-8(12)4-5-9(10)16-3/h4-6,13H,7H2,1-3H3/i1D3,2D3. The maximum Gasteiger partial charge on any atom is 0.184 e. The van der Waals surface area contributed by atoms with E-state index >= 15 is 0 Å². The van der Waals surface area contributed by atoms with Gasteiger partial charge in [-0.05, 0) is 31.9 Å². The van der Waals surface area contributed by atoms with Crippen LogP contribution < -0.4 is 4.74 Å². The summed E-state index contributed by atoms with van der Waals surface area (Å²) in [5.41, 5.74) is -3.41. The first kappa shape index (κ1) is 7.76. The molecule has 0 amide bonds. The molecule has 0 aliphatic heterocycles. The molecule has 0 spiro atoms. The monoisotopic (exact) mass is 328 g/mol. The Morgan fingerprint density at radius 1 is 1.53 bits per heavy atom. The Labute approximate surface area is 118 Å². The van der Waals surface area contributed by atoms with E-state index in [1.807, 2.05) is 0 Å². The molecule has 96 valence electrons. The minimum Gasteiger partial charge on any atom is -0.495 e. The lowest BCUT2D eigenvalue weighted by Crippen LogP contribution is -2.30. The van der Waals surface area contributed by atoms with E-state index in [2.05, 4.69) is 15.9 Å². The van der Waals surface area contributed by atoms with Crippen LogP contribution in [0.3, 0.4) is 0 Å². The van der Waals surface area contributed by atoms with E-state index in [0.717, 1.165) is 6.07 Å². The summed E-state index contributed by atoms with van der Waals surface area (Å²) in [5.74, 6) is -1.59. The molecule has 0 radical (unpaired) electrons. The van der Waals surface area contributed by atoms with Crippen molar-refractivity contribution in [2.75, 3.05) is 12.9 Å². The average Bonchev–Trinajstić information content (AvgIpc) is 2.35. The second-order valence-corrected chi connectivity index (χ2v) is 6.29. The fraction of sp³-hybridized carbons (Fsp3) is 0.455. The smallest absolute Gasteiger partial charge is 0.184 e. The molecule has 4 nitrogen and oxygen atoms in total. The Morgan fingerprint density at radius 2 is 2.18 bits per heavy atom. The minimum absolute atomic E-state index is 0.0911. The topological polar surface area (TPSA) is 63.6 Å². The summed E-state index contributed by atoms with van der Waals surface area (Å²) >= 11 is 3.07. The number of ether oxygens (including phenoxy) is 1. The number of methoxy groups -OCH3 is 1. The molecular weight excluding hydrogens is 308 g/mol. The lowest BCUT2D eigenvalue weighted by atomic mass is 10.2. The Hall–Kier alpha value is -0.590. The number of hydrogen-bond acceptors (Lipinski definition) is 4. The van der Waals surface area contributed by atoms with Crippen LogP contribution in [0.2, 0.25) is 0 Å². The molecule has 0 aliphatic carbocycles. The quantitative estimate of drug-likeness (QED) is 0.918. The Morgan fingerprint density at radius 3 is 2.71 bits per heavy atom. The van der Waals surface area contributed by atoms with Gasteiger partial charge in [0, 0.05) is 12.7 Å². The van der Waals surface area contributed by atoms with Crippen molar-refractivity contribution in [3.8, 4) is 5.75 Å². The van der Waals surface area contributed by atoms with Gasteiger partial charge in [0.15, 0.2) is 9.84 Å². The van der Waals surface area contributed by atoms with E-state index in [1.165, 1.54) is 19.2 Å². The van der Waals surface area contributed by atoms with E-state index in [9.17, 15) is 13.5 Å². The lowest BCUT2D eigenvalue weighted by molar-refractivity contribution is 0.105. The van der Waals surface area contributed by atoms with Crippen LogP contribution in [0.5, 0.6) is 5.75 Å². The largest absolute Gasteiger partial charge is 0.495 e. The van der Waals surface area contributed by atoms with Gasteiger partial charge in [0.05, 0.1) is 18.5 Å². The van der Waals surface area contributed by atoms with E-state index in [4.69, 9.17) is 13.0 Å². The van der Waals surface area contributed by atoms with Crippen molar-refractivity contribution in [3.63, 3.8) is 0 Å². The van der Waals surface area contributed by atoms with Crippen LogP contribution in [0, 0.1) is 0 Å². The van der Waals surface area contributed by atoms with E-state index in [-0.39, 0.29) is 5.75 Å². The fourth-order valence-corrected chi connectivity index (χ4v) is 3.23. The van der Waals surface area contributed by atoms with Crippen molar-refractivity contribution < 1.29 is 26.5 Å². The van der Waals surface area contributed by atoms with Gasteiger partial charge in [-0.25, -0.2) is 8.42 Å². The number of sulfone groups is 1. The molecule has 0 fully saturated rings. The van der Waals surface area contributed by atoms with Crippen molar-refractivity contribution in [1.82, 2.24) is 0 Å². The third kappa shape index (κ3) is 3.97. The van der Waals surface area contributed by atoms with E-state index in [1.54, 1.807) is 0 Å². The Kier molecular flexibility index (Phi) is 2.26. The van der Waals surface area contributed by atoms with Gasteiger partial charge in [0.2, 0.25) is 0 Å².